The summed E-state index contributed by atoms with van der Waals surface area (Å²) in [5.41, 5.74) is 7.07. The summed E-state index contributed by atoms with van der Waals surface area (Å²) in [7, 11) is 0. The summed E-state index contributed by atoms with van der Waals surface area (Å²) in [6.45, 7) is 1.10. The number of nitrogens with two attached hydrogens (primary N) is 1. The van der Waals surface area contributed by atoms with Gasteiger partial charge in [-0.3, -0.25) is 9.89 Å². The van der Waals surface area contributed by atoms with Gasteiger partial charge in [0.25, 0.3) is 0 Å². The molecule has 4 N–H and O–H groups in total. The van der Waals surface area contributed by atoms with Crippen LogP contribution in [0.1, 0.15) is 18.7 Å². The number of carbonyl (C=O) groups is 1. The van der Waals surface area contributed by atoms with Gasteiger partial charge in [-0.05, 0) is 43.0 Å². The van der Waals surface area contributed by atoms with Crippen LogP contribution in [0.4, 0.5) is 5.69 Å². The number of nitrogens with zero attached hydrogens (tertiary/aromatic N) is 2. The SMILES string of the molecule is Cl.NCc1nc(-c2ccc(NC(=O)COCC3CC3)cc2)n[nH]1. The van der Waals surface area contributed by atoms with E-state index in [-0.39, 0.29) is 24.9 Å². The maximum atomic E-state index is 11.7. The lowest BCUT2D eigenvalue weighted by molar-refractivity contribution is -0.120. The van der Waals surface area contributed by atoms with Gasteiger partial charge < -0.3 is 15.8 Å². The first-order valence-electron chi connectivity index (χ1n) is 7.34. The minimum Gasteiger partial charge on any atom is -0.371 e. The number of benzene rings is 1. The summed E-state index contributed by atoms with van der Waals surface area (Å²) >= 11 is 0. The molecule has 1 fully saturated rings. The van der Waals surface area contributed by atoms with Gasteiger partial charge in [0, 0.05) is 11.3 Å². The highest BCUT2D eigenvalue weighted by Gasteiger charge is 2.21. The Hall–Kier alpha value is -1.96. The van der Waals surface area contributed by atoms with E-state index in [1.165, 1.54) is 12.8 Å². The number of ether oxygens (including phenoxy) is 1. The molecule has 0 bridgehead atoms. The molecule has 1 aromatic carbocycles. The van der Waals surface area contributed by atoms with Gasteiger partial charge in [-0.15, -0.1) is 12.4 Å². The van der Waals surface area contributed by atoms with Crippen molar-refractivity contribution in [1.29, 1.82) is 0 Å². The number of halogens is 1. The Labute approximate surface area is 140 Å². The van der Waals surface area contributed by atoms with Crippen molar-refractivity contribution in [2.45, 2.75) is 19.4 Å². The van der Waals surface area contributed by atoms with Crippen LogP contribution < -0.4 is 11.1 Å². The quantitative estimate of drug-likeness (QED) is 0.713. The normalized spacial score (nSPS) is 13.4. The fourth-order valence-electron chi connectivity index (χ4n) is 2.02. The highest BCUT2D eigenvalue weighted by molar-refractivity contribution is 5.91. The average Bonchev–Trinajstić information content (AvgIpc) is 3.22. The van der Waals surface area contributed by atoms with E-state index in [2.05, 4.69) is 20.5 Å². The van der Waals surface area contributed by atoms with Crippen molar-refractivity contribution >= 4 is 24.0 Å². The molecule has 0 saturated heterocycles. The number of aromatic amines is 1. The lowest BCUT2D eigenvalue weighted by Gasteiger charge is -2.06. The zero-order valence-electron chi connectivity index (χ0n) is 12.6. The van der Waals surface area contributed by atoms with Gasteiger partial charge in [0.2, 0.25) is 5.91 Å². The number of rotatable bonds is 7. The van der Waals surface area contributed by atoms with Gasteiger partial charge in [-0.25, -0.2) is 4.98 Å². The number of hydrogen-bond donors (Lipinski definition) is 3. The maximum absolute atomic E-state index is 11.7. The van der Waals surface area contributed by atoms with E-state index in [9.17, 15) is 4.79 Å². The van der Waals surface area contributed by atoms with Crippen LogP contribution in [0.2, 0.25) is 0 Å². The number of amides is 1. The smallest absolute Gasteiger partial charge is 0.250 e. The fourth-order valence-corrected chi connectivity index (χ4v) is 2.02. The van der Waals surface area contributed by atoms with E-state index in [1.807, 2.05) is 24.3 Å². The molecule has 1 aliphatic rings. The Bertz CT molecular complexity index is 640. The second-order valence-electron chi connectivity index (χ2n) is 5.39. The largest absolute Gasteiger partial charge is 0.371 e. The third-order valence-electron chi connectivity index (χ3n) is 3.44. The fraction of sp³-hybridized carbons (Fsp3) is 0.400. The van der Waals surface area contributed by atoms with E-state index < -0.39 is 0 Å². The van der Waals surface area contributed by atoms with Crippen molar-refractivity contribution in [3.8, 4) is 11.4 Å². The van der Waals surface area contributed by atoms with Crippen molar-refractivity contribution in [3.63, 3.8) is 0 Å². The molecule has 0 radical (unpaired) electrons. The highest BCUT2D eigenvalue weighted by Crippen LogP contribution is 2.28. The van der Waals surface area contributed by atoms with E-state index >= 15 is 0 Å². The summed E-state index contributed by atoms with van der Waals surface area (Å²) < 4.78 is 5.35. The molecule has 0 atom stereocenters. The molecule has 1 amide bonds. The van der Waals surface area contributed by atoms with Gasteiger partial charge in [0.05, 0.1) is 13.2 Å². The van der Waals surface area contributed by atoms with Gasteiger partial charge in [-0.1, -0.05) is 0 Å². The highest BCUT2D eigenvalue weighted by atomic mass is 35.5. The molecule has 124 valence electrons. The van der Waals surface area contributed by atoms with Crippen molar-refractivity contribution in [3.05, 3.63) is 30.1 Å². The molecular formula is C15H20ClN5O2. The number of aromatic nitrogens is 3. The van der Waals surface area contributed by atoms with E-state index in [0.717, 1.165) is 11.3 Å². The lowest BCUT2D eigenvalue weighted by atomic mass is 10.2. The Kier molecular flexibility index (Phi) is 6.09. The van der Waals surface area contributed by atoms with Crippen LogP contribution in [0.5, 0.6) is 0 Å². The average molecular weight is 338 g/mol. The molecule has 1 saturated carbocycles. The molecule has 0 aliphatic heterocycles. The second kappa shape index (κ2) is 8.05. The zero-order valence-corrected chi connectivity index (χ0v) is 13.4. The van der Waals surface area contributed by atoms with Crippen molar-refractivity contribution in [2.75, 3.05) is 18.5 Å². The van der Waals surface area contributed by atoms with Crippen LogP contribution in [0, 0.1) is 5.92 Å². The van der Waals surface area contributed by atoms with Crippen LogP contribution >= 0.6 is 12.4 Å². The number of anilines is 1. The first-order valence-corrected chi connectivity index (χ1v) is 7.34. The zero-order chi connectivity index (χ0) is 15.4. The molecule has 1 aliphatic carbocycles. The monoisotopic (exact) mass is 337 g/mol. The summed E-state index contributed by atoms with van der Waals surface area (Å²) in [6, 6.07) is 7.33. The number of carbonyl (C=O) groups excluding carboxylic acids is 1. The van der Waals surface area contributed by atoms with Gasteiger partial charge >= 0.3 is 0 Å². The molecule has 1 heterocycles. The van der Waals surface area contributed by atoms with Gasteiger partial charge in [0.1, 0.15) is 12.4 Å². The number of H-pyrrole nitrogens is 1. The van der Waals surface area contributed by atoms with Crippen LogP contribution in [-0.4, -0.2) is 34.3 Å². The molecule has 3 rings (SSSR count). The summed E-state index contributed by atoms with van der Waals surface area (Å²) in [4.78, 5) is 16.0. The number of hydrogen-bond acceptors (Lipinski definition) is 5. The summed E-state index contributed by atoms with van der Waals surface area (Å²) in [5, 5.41) is 9.65. The predicted molar refractivity (Wildman–Crippen MR) is 89.1 cm³/mol. The molecule has 7 nitrogen and oxygen atoms in total. The molecule has 0 unspecified atom stereocenters. The van der Waals surface area contributed by atoms with Crippen molar-refractivity contribution < 1.29 is 9.53 Å². The Morgan fingerprint density at radius 3 is 2.70 bits per heavy atom. The summed E-state index contributed by atoms with van der Waals surface area (Å²) in [6.07, 6.45) is 2.44. The Balaban J connectivity index is 0.00000192. The van der Waals surface area contributed by atoms with Gasteiger partial charge in [0.15, 0.2) is 5.82 Å². The molecule has 23 heavy (non-hydrogen) atoms. The minimum atomic E-state index is -0.142. The Morgan fingerprint density at radius 1 is 1.35 bits per heavy atom. The van der Waals surface area contributed by atoms with E-state index in [1.54, 1.807) is 0 Å². The topological polar surface area (TPSA) is 106 Å². The molecular weight excluding hydrogens is 318 g/mol. The predicted octanol–water partition coefficient (Wildman–Crippen LogP) is 1.72. The third kappa shape index (κ3) is 5.02. The standard InChI is InChI=1S/C15H19N5O2.ClH/c16-7-13-18-15(20-19-13)11-3-5-12(6-4-11)17-14(21)9-22-8-10-1-2-10;/h3-6,10H,1-2,7-9,16H2,(H,17,21)(H,18,19,20);1H. The van der Waals surface area contributed by atoms with E-state index in [0.29, 0.717) is 30.7 Å². The second-order valence-corrected chi connectivity index (χ2v) is 5.39. The minimum absolute atomic E-state index is 0. The molecule has 0 spiro atoms. The number of nitrogens with one attached hydrogen (secondary N) is 2. The first-order chi connectivity index (χ1) is 10.7. The Morgan fingerprint density at radius 2 is 2.09 bits per heavy atom. The van der Waals surface area contributed by atoms with Gasteiger partial charge in [-0.2, -0.15) is 5.10 Å². The van der Waals surface area contributed by atoms with Crippen LogP contribution in [-0.2, 0) is 16.1 Å². The van der Waals surface area contributed by atoms with Crippen molar-refractivity contribution in [1.82, 2.24) is 15.2 Å². The van der Waals surface area contributed by atoms with Crippen LogP contribution in [0.3, 0.4) is 0 Å². The third-order valence-corrected chi connectivity index (χ3v) is 3.44. The maximum Gasteiger partial charge on any atom is 0.250 e. The molecule has 2 aromatic rings. The van der Waals surface area contributed by atoms with Crippen LogP contribution in [0.15, 0.2) is 24.3 Å². The van der Waals surface area contributed by atoms with Crippen molar-refractivity contribution in [2.24, 2.45) is 11.7 Å². The van der Waals surface area contributed by atoms with E-state index in [4.69, 9.17) is 10.5 Å². The lowest BCUT2D eigenvalue weighted by Crippen LogP contribution is -2.18. The van der Waals surface area contributed by atoms with Crippen LogP contribution in [0.25, 0.3) is 11.4 Å². The first kappa shape index (κ1) is 17.4. The molecule has 1 aromatic heterocycles. The summed E-state index contributed by atoms with van der Waals surface area (Å²) in [5.74, 6) is 1.75. The molecule has 8 heteroatoms.